The maximum Gasteiger partial charge on any atom is 0.104 e. The van der Waals surface area contributed by atoms with Crippen LogP contribution in [0, 0.1) is 18.3 Å². The average molecular weight is 579 g/mol. The lowest BCUT2D eigenvalue weighted by atomic mass is 9.93. The van der Waals surface area contributed by atoms with Crippen LogP contribution in [-0.4, -0.2) is 18.5 Å². The molecule has 1 aromatic rings. The van der Waals surface area contributed by atoms with E-state index in [1.54, 1.807) is 12.3 Å². The molecule has 0 aromatic heterocycles. The van der Waals surface area contributed by atoms with Gasteiger partial charge in [-0.3, -0.25) is 9.98 Å². The Labute approximate surface area is 267 Å². The van der Waals surface area contributed by atoms with Gasteiger partial charge in [-0.1, -0.05) is 104 Å². The molecule has 2 aliphatic heterocycles. The molecule has 0 radical (unpaired) electrons. The number of nitrogens with zero attached hydrogens (tertiary/aromatic N) is 2. The topological polar surface area (TPSA) is 24.7 Å². The predicted molar refractivity (Wildman–Crippen MR) is 193 cm³/mol. The number of hydrogen-bond donors (Lipinski definition) is 0. The van der Waals surface area contributed by atoms with E-state index in [2.05, 4.69) is 65.7 Å². The third-order valence-electron chi connectivity index (χ3n) is 6.79. The van der Waals surface area contributed by atoms with E-state index in [1.807, 2.05) is 110 Å². The molecule has 4 aliphatic rings. The van der Waals surface area contributed by atoms with Crippen molar-refractivity contribution in [2.75, 3.05) is 6.54 Å². The van der Waals surface area contributed by atoms with Gasteiger partial charge < -0.3 is 0 Å². The number of hydrogen-bond acceptors (Lipinski definition) is 2. The Hall–Kier alpha value is -6.14. The van der Waals surface area contributed by atoms with Crippen LogP contribution in [0.25, 0.3) is 5.57 Å². The van der Waals surface area contributed by atoms with E-state index in [0.717, 1.165) is 56.0 Å². The van der Waals surface area contributed by atoms with Crippen molar-refractivity contribution < 1.29 is 0 Å². The van der Waals surface area contributed by atoms with Gasteiger partial charge >= 0.3 is 0 Å². The van der Waals surface area contributed by atoms with Crippen LogP contribution in [-0.2, 0) is 0 Å². The lowest BCUT2D eigenvalue weighted by Crippen LogP contribution is -2.02. The highest BCUT2D eigenvalue weighted by Gasteiger charge is 2.12. The molecule has 1 atom stereocenters. The molecule has 0 spiro atoms. The second-order valence-electron chi connectivity index (χ2n) is 10.1. The zero-order valence-electron chi connectivity index (χ0n) is 25.5. The van der Waals surface area contributed by atoms with E-state index < -0.39 is 0 Å². The van der Waals surface area contributed by atoms with Crippen LogP contribution in [0.1, 0.15) is 12.5 Å². The van der Waals surface area contributed by atoms with Gasteiger partial charge in [0.25, 0.3) is 0 Å². The minimum Gasteiger partial charge on any atom is -0.278 e. The molecular weight excluding hydrogens is 544 g/mol. The van der Waals surface area contributed by atoms with Gasteiger partial charge in [-0.15, -0.1) is 23.6 Å². The van der Waals surface area contributed by atoms with Crippen LogP contribution in [0.5, 0.6) is 0 Å². The quantitative estimate of drug-likeness (QED) is 0.251. The number of terminal acetylenes is 1. The van der Waals surface area contributed by atoms with Crippen molar-refractivity contribution in [3.63, 3.8) is 0 Å². The van der Waals surface area contributed by atoms with Gasteiger partial charge in [-0.25, -0.2) is 0 Å². The normalized spacial score (nSPS) is 20.9. The minimum absolute atomic E-state index is 0.0259. The SMILES string of the molecule is C#CC1C=C=CC=C/C1=C/C=C.C=C(C)C1=NCC2=C=C(/C=C\C(=C)/C(C3=CC=C=CC=C3)=C\1)C(c1ccccc1)=C=CC=N2. The van der Waals surface area contributed by atoms with E-state index >= 15 is 0 Å². The standard InChI is InChI=1S/C31H24N2.C12H10/c1-23(2)31-21-30(26-14-7-4-5-8-15-26)24(3)17-18-27-20-28(22-33-31)32-19-11-16-29(27)25-12-9-6-10-13-25;1-3-8-12-10-7-5-6-9-11(12)4-2/h4,6-15,17-19,21H,1,3,22H2,2H3;2-3,5,7-11H,1H2/b18-17-,30-21+,32-19?,33-31?;12-8-. The summed E-state index contributed by atoms with van der Waals surface area (Å²) >= 11 is 0. The van der Waals surface area contributed by atoms with Crippen LogP contribution in [0.15, 0.2) is 213 Å². The molecule has 2 aliphatic carbocycles. The Morgan fingerprint density at radius 1 is 1.02 bits per heavy atom. The van der Waals surface area contributed by atoms with Gasteiger partial charge in [-0.05, 0) is 89.0 Å². The molecule has 5 rings (SSSR count). The Bertz CT molecular complexity index is 1950. The van der Waals surface area contributed by atoms with Gasteiger partial charge in [0, 0.05) is 17.4 Å². The summed E-state index contributed by atoms with van der Waals surface area (Å²) < 4.78 is 0. The molecule has 1 unspecified atom stereocenters. The number of benzene rings is 1. The first-order chi connectivity index (χ1) is 22.0. The number of allylic oxidation sites excluding steroid dienone is 18. The minimum atomic E-state index is 0.0259. The van der Waals surface area contributed by atoms with Crippen molar-refractivity contribution in [3.05, 3.63) is 209 Å². The number of aliphatic imine (C=N–C) groups is 2. The fourth-order valence-electron chi connectivity index (χ4n) is 4.50. The predicted octanol–water partition coefficient (Wildman–Crippen LogP) is 9.62. The zero-order chi connectivity index (χ0) is 31.9. The molecule has 2 nitrogen and oxygen atoms in total. The Kier molecular flexibility index (Phi) is 11.6. The first-order valence-corrected chi connectivity index (χ1v) is 14.5. The maximum atomic E-state index is 5.35. The summed E-state index contributed by atoms with van der Waals surface area (Å²) in [7, 11) is 0. The molecule has 2 bridgehead atoms. The largest absolute Gasteiger partial charge is 0.278 e. The fraction of sp³-hybridized carbons (Fsp3) is 0.0698. The van der Waals surface area contributed by atoms with E-state index in [0.29, 0.717) is 6.54 Å². The lowest BCUT2D eigenvalue weighted by molar-refractivity contribution is 1.06. The van der Waals surface area contributed by atoms with Crippen molar-refractivity contribution in [3.8, 4) is 12.3 Å². The van der Waals surface area contributed by atoms with Gasteiger partial charge in [-0.2, -0.15) is 0 Å². The molecule has 1 aromatic carbocycles. The molecule has 0 saturated heterocycles. The van der Waals surface area contributed by atoms with Crippen molar-refractivity contribution in [1.82, 2.24) is 0 Å². The van der Waals surface area contributed by atoms with Crippen molar-refractivity contribution in [2.45, 2.75) is 6.92 Å². The Morgan fingerprint density at radius 2 is 1.82 bits per heavy atom. The summed E-state index contributed by atoms with van der Waals surface area (Å²) in [6.45, 7) is 14.5. The van der Waals surface area contributed by atoms with Crippen LogP contribution in [0.2, 0.25) is 0 Å². The van der Waals surface area contributed by atoms with Crippen LogP contribution in [0.3, 0.4) is 0 Å². The number of rotatable bonds is 4. The highest BCUT2D eigenvalue weighted by atomic mass is 14.8. The molecular formula is C43H34N2. The molecule has 216 valence electrons. The summed E-state index contributed by atoms with van der Waals surface area (Å²) in [4.78, 5) is 9.38. The summed E-state index contributed by atoms with van der Waals surface area (Å²) in [6, 6.07) is 10.2. The Morgan fingerprint density at radius 3 is 2.60 bits per heavy atom. The second kappa shape index (κ2) is 16.5. The molecule has 2 heteroatoms. The van der Waals surface area contributed by atoms with Crippen molar-refractivity contribution >= 4 is 17.5 Å². The maximum absolute atomic E-state index is 5.35. The third kappa shape index (κ3) is 9.17. The molecule has 45 heavy (non-hydrogen) atoms. The van der Waals surface area contributed by atoms with E-state index in [4.69, 9.17) is 11.4 Å². The van der Waals surface area contributed by atoms with E-state index in [9.17, 15) is 0 Å². The molecule has 0 amide bonds. The molecule has 0 saturated carbocycles. The van der Waals surface area contributed by atoms with Crippen LogP contribution < -0.4 is 0 Å². The summed E-state index contributed by atoms with van der Waals surface area (Å²) in [5.74, 6) is 2.70. The highest BCUT2D eigenvalue weighted by molar-refractivity contribution is 6.09. The smallest absolute Gasteiger partial charge is 0.104 e. The highest BCUT2D eigenvalue weighted by Crippen LogP contribution is 2.28. The van der Waals surface area contributed by atoms with Crippen molar-refractivity contribution in [2.24, 2.45) is 15.9 Å². The van der Waals surface area contributed by atoms with Gasteiger partial charge in [0.1, 0.15) is 5.70 Å². The van der Waals surface area contributed by atoms with Crippen molar-refractivity contribution in [1.29, 1.82) is 0 Å². The molecule has 2 heterocycles. The molecule has 0 fully saturated rings. The molecule has 0 N–H and O–H groups in total. The van der Waals surface area contributed by atoms with E-state index in [1.165, 1.54) is 0 Å². The van der Waals surface area contributed by atoms with Gasteiger partial charge in [0.05, 0.1) is 18.2 Å². The third-order valence-corrected chi connectivity index (χ3v) is 6.79. The van der Waals surface area contributed by atoms with Gasteiger partial charge in [0.2, 0.25) is 0 Å². The van der Waals surface area contributed by atoms with E-state index in [-0.39, 0.29) is 5.92 Å². The Balaban J connectivity index is 0.000000323. The first kappa shape index (κ1) is 31.8. The lowest BCUT2D eigenvalue weighted by Gasteiger charge is -2.11. The van der Waals surface area contributed by atoms with Crippen LogP contribution in [0.4, 0.5) is 0 Å². The summed E-state index contributed by atoms with van der Waals surface area (Å²) in [5.41, 5.74) is 22.2. The zero-order valence-corrected chi connectivity index (χ0v) is 25.5. The van der Waals surface area contributed by atoms with Crippen LogP contribution >= 0.6 is 0 Å². The monoisotopic (exact) mass is 578 g/mol. The fourth-order valence-corrected chi connectivity index (χ4v) is 4.50. The summed E-state index contributed by atoms with van der Waals surface area (Å²) in [5, 5.41) is 0. The van der Waals surface area contributed by atoms with Gasteiger partial charge in [0.15, 0.2) is 0 Å². The second-order valence-corrected chi connectivity index (χ2v) is 10.1. The average Bonchev–Trinajstić information content (AvgIpc) is 3.46. The first-order valence-electron chi connectivity index (χ1n) is 14.5. The summed E-state index contributed by atoms with van der Waals surface area (Å²) in [6.07, 6.45) is 36.1.